The largest absolute Gasteiger partial charge is 0.399 e. The van der Waals surface area contributed by atoms with Crippen molar-refractivity contribution < 1.29 is 8.42 Å². The molecule has 1 aliphatic heterocycles. The van der Waals surface area contributed by atoms with E-state index in [0.717, 1.165) is 17.5 Å². The zero-order valence-corrected chi connectivity index (χ0v) is 10.1. The highest BCUT2D eigenvalue weighted by molar-refractivity contribution is 7.89. The summed E-state index contributed by atoms with van der Waals surface area (Å²) in [6.07, 6.45) is 0.726. The Morgan fingerprint density at radius 1 is 1.44 bits per heavy atom. The summed E-state index contributed by atoms with van der Waals surface area (Å²) in [6, 6.07) is 5.62. The van der Waals surface area contributed by atoms with E-state index in [1.807, 2.05) is 25.1 Å². The Labute approximate surface area is 96.1 Å². The second-order valence-corrected chi connectivity index (χ2v) is 6.22. The van der Waals surface area contributed by atoms with Crippen molar-refractivity contribution in [2.45, 2.75) is 19.9 Å². The fourth-order valence-corrected chi connectivity index (χ4v) is 3.43. The van der Waals surface area contributed by atoms with Gasteiger partial charge in [-0.2, -0.15) is 4.31 Å². The quantitative estimate of drug-likeness (QED) is 0.788. The first-order chi connectivity index (χ1) is 7.50. The van der Waals surface area contributed by atoms with Crippen LogP contribution in [-0.4, -0.2) is 25.0 Å². The number of nitrogens with zero attached hydrogens (tertiary/aromatic N) is 1. The van der Waals surface area contributed by atoms with Gasteiger partial charge in [-0.25, -0.2) is 8.42 Å². The van der Waals surface area contributed by atoms with Crippen LogP contribution >= 0.6 is 0 Å². The van der Waals surface area contributed by atoms with Crippen molar-refractivity contribution in [3.8, 4) is 0 Å². The van der Waals surface area contributed by atoms with E-state index in [-0.39, 0.29) is 5.75 Å². The predicted octanol–water partition coefficient (Wildman–Crippen LogP) is 1.11. The molecule has 0 bridgehead atoms. The summed E-state index contributed by atoms with van der Waals surface area (Å²) in [5, 5.41) is 0. The minimum atomic E-state index is -3.02. The number of nitrogen functional groups attached to an aromatic ring is 1. The molecule has 0 amide bonds. The third-order valence-electron chi connectivity index (χ3n) is 3.04. The van der Waals surface area contributed by atoms with Crippen molar-refractivity contribution in [1.29, 1.82) is 0 Å². The summed E-state index contributed by atoms with van der Waals surface area (Å²) in [7, 11) is -3.02. The van der Waals surface area contributed by atoms with Crippen molar-refractivity contribution in [1.82, 2.24) is 4.31 Å². The van der Waals surface area contributed by atoms with Crippen LogP contribution in [0.4, 0.5) is 5.69 Å². The molecule has 2 N–H and O–H groups in total. The van der Waals surface area contributed by atoms with Crippen LogP contribution < -0.4 is 5.73 Å². The van der Waals surface area contributed by atoms with Crippen LogP contribution in [0.2, 0.25) is 0 Å². The van der Waals surface area contributed by atoms with Gasteiger partial charge in [0.25, 0.3) is 0 Å². The summed E-state index contributed by atoms with van der Waals surface area (Å²) in [6.45, 7) is 2.99. The minimum Gasteiger partial charge on any atom is -0.399 e. The topological polar surface area (TPSA) is 63.4 Å². The van der Waals surface area contributed by atoms with Crippen LogP contribution in [0.25, 0.3) is 0 Å². The molecule has 0 saturated carbocycles. The standard InChI is InChI=1S/C11H16N2O2S/c1-9-10(4-2-5-11(9)12)8-13-6-3-7-16(13,14)15/h2,4-5H,3,6-8,12H2,1H3. The van der Waals surface area contributed by atoms with Gasteiger partial charge in [-0.1, -0.05) is 12.1 Å². The number of hydrogen-bond acceptors (Lipinski definition) is 3. The second-order valence-electron chi connectivity index (χ2n) is 4.13. The van der Waals surface area contributed by atoms with Crippen LogP contribution in [0.15, 0.2) is 18.2 Å². The van der Waals surface area contributed by atoms with Crippen LogP contribution in [0.3, 0.4) is 0 Å². The molecule has 1 aromatic carbocycles. The normalized spacial score (nSPS) is 20.1. The Balaban J connectivity index is 2.25. The molecule has 4 nitrogen and oxygen atoms in total. The van der Waals surface area contributed by atoms with Crippen molar-refractivity contribution in [2.75, 3.05) is 18.0 Å². The summed E-state index contributed by atoms with van der Waals surface area (Å²) in [5.41, 5.74) is 8.48. The highest BCUT2D eigenvalue weighted by atomic mass is 32.2. The molecular formula is C11H16N2O2S. The van der Waals surface area contributed by atoms with E-state index in [0.29, 0.717) is 18.8 Å². The predicted molar refractivity (Wildman–Crippen MR) is 64.4 cm³/mol. The number of anilines is 1. The lowest BCUT2D eigenvalue weighted by molar-refractivity contribution is 0.439. The van der Waals surface area contributed by atoms with Gasteiger partial charge in [0.1, 0.15) is 0 Å². The molecule has 1 fully saturated rings. The molecule has 0 atom stereocenters. The Morgan fingerprint density at radius 3 is 2.81 bits per heavy atom. The monoisotopic (exact) mass is 240 g/mol. The minimum absolute atomic E-state index is 0.272. The number of sulfonamides is 1. The fraction of sp³-hybridized carbons (Fsp3) is 0.455. The number of benzene rings is 1. The van der Waals surface area contributed by atoms with E-state index >= 15 is 0 Å². The zero-order valence-electron chi connectivity index (χ0n) is 9.31. The van der Waals surface area contributed by atoms with Crippen LogP contribution in [-0.2, 0) is 16.6 Å². The second kappa shape index (κ2) is 4.07. The maximum absolute atomic E-state index is 11.7. The van der Waals surface area contributed by atoms with Gasteiger partial charge in [-0.3, -0.25) is 0 Å². The lowest BCUT2D eigenvalue weighted by atomic mass is 10.1. The number of nitrogens with two attached hydrogens (primary N) is 1. The first-order valence-electron chi connectivity index (χ1n) is 5.32. The van der Waals surface area contributed by atoms with E-state index in [4.69, 9.17) is 5.73 Å². The van der Waals surface area contributed by atoms with Gasteiger partial charge in [0, 0.05) is 18.8 Å². The number of rotatable bonds is 2. The van der Waals surface area contributed by atoms with Crippen molar-refractivity contribution >= 4 is 15.7 Å². The average molecular weight is 240 g/mol. The highest BCUT2D eigenvalue weighted by Gasteiger charge is 2.28. The Morgan fingerprint density at radius 2 is 2.19 bits per heavy atom. The molecule has 2 rings (SSSR count). The van der Waals surface area contributed by atoms with Gasteiger partial charge in [-0.15, -0.1) is 0 Å². The molecule has 1 aromatic rings. The van der Waals surface area contributed by atoms with E-state index < -0.39 is 10.0 Å². The van der Waals surface area contributed by atoms with Crippen LogP contribution in [0.5, 0.6) is 0 Å². The van der Waals surface area contributed by atoms with E-state index in [9.17, 15) is 8.42 Å². The van der Waals surface area contributed by atoms with E-state index in [1.165, 1.54) is 4.31 Å². The van der Waals surface area contributed by atoms with Crippen LogP contribution in [0, 0.1) is 6.92 Å². The maximum atomic E-state index is 11.7. The molecule has 1 saturated heterocycles. The molecular weight excluding hydrogens is 224 g/mol. The molecule has 1 heterocycles. The molecule has 88 valence electrons. The third-order valence-corrected chi connectivity index (χ3v) is 4.94. The van der Waals surface area contributed by atoms with Gasteiger partial charge >= 0.3 is 0 Å². The summed E-state index contributed by atoms with van der Waals surface area (Å²) < 4.78 is 24.9. The van der Waals surface area contributed by atoms with Crippen LogP contribution in [0.1, 0.15) is 17.5 Å². The number of hydrogen-bond donors (Lipinski definition) is 1. The lowest BCUT2D eigenvalue weighted by Gasteiger charge is -2.16. The van der Waals surface area contributed by atoms with Gasteiger partial charge in [0.05, 0.1) is 5.75 Å². The molecule has 5 heteroatoms. The Kier molecular flexibility index (Phi) is 2.90. The maximum Gasteiger partial charge on any atom is 0.214 e. The SMILES string of the molecule is Cc1c(N)cccc1CN1CCCS1(=O)=O. The molecule has 1 aliphatic rings. The first-order valence-corrected chi connectivity index (χ1v) is 6.93. The summed E-state index contributed by atoms with van der Waals surface area (Å²) >= 11 is 0. The van der Waals surface area contributed by atoms with Gasteiger partial charge in [-0.05, 0) is 30.5 Å². The van der Waals surface area contributed by atoms with Gasteiger partial charge < -0.3 is 5.73 Å². The third kappa shape index (κ3) is 2.05. The van der Waals surface area contributed by atoms with E-state index in [1.54, 1.807) is 0 Å². The van der Waals surface area contributed by atoms with Crippen molar-refractivity contribution in [3.05, 3.63) is 29.3 Å². The zero-order chi connectivity index (χ0) is 11.8. The van der Waals surface area contributed by atoms with Crippen molar-refractivity contribution in [3.63, 3.8) is 0 Å². The van der Waals surface area contributed by atoms with Crippen molar-refractivity contribution in [2.24, 2.45) is 0 Å². The molecule has 0 unspecified atom stereocenters. The fourth-order valence-electron chi connectivity index (χ4n) is 1.93. The summed E-state index contributed by atoms with van der Waals surface area (Å²) in [4.78, 5) is 0. The summed E-state index contributed by atoms with van der Waals surface area (Å²) in [5.74, 6) is 0.272. The molecule has 0 aromatic heterocycles. The smallest absolute Gasteiger partial charge is 0.214 e. The first kappa shape index (κ1) is 11.4. The Hall–Kier alpha value is -1.07. The highest BCUT2D eigenvalue weighted by Crippen LogP contribution is 2.21. The Bertz CT molecular complexity index is 497. The average Bonchev–Trinajstić information content (AvgIpc) is 2.54. The van der Waals surface area contributed by atoms with Gasteiger partial charge in [0.15, 0.2) is 0 Å². The molecule has 16 heavy (non-hydrogen) atoms. The lowest BCUT2D eigenvalue weighted by Crippen LogP contribution is -2.25. The van der Waals surface area contributed by atoms with Gasteiger partial charge in [0.2, 0.25) is 10.0 Å². The molecule has 0 aliphatic carbocycles. The molecule has 0 radical (unpaired) electrons. The molecule has 0 spiro atoms. The van der Waals surface area contributed by atoms with E-state index in [2.05, 4.69) is 0 Å².